The Morgan fingerprint density at radius 1 is 1.19 bits per heavy atom. The Kier molecular flexibility index (Phi) is 6.55. The summed E-state index contributed by atoms with van der Waals surface area (Å²) in [5, 5.41) is 5.66. The third kappa shape index (κ3) is 4.96. The number of thiocarbonyl (C=S) groups is 1. The molecular formula is C20H28N4OS2. The van der Waals surface area contributed by atoms with Gasteiger partial charge in [0.25, 0.3) is 0 Å². The highest BCUT2D eigenvalue weighted by atomic mass is 32.1. The molecule has 2 aromatic rings. The van der Waals surface area contributed by atoms with Crippen LogP contribution in [0.15, 0.2) is 24.3 Å². The Morgan fingerprint density at radius 2 is 1.96 bits per heavy atom. The zero-order chi connectivity index (χ0) is 18.5. The number of piperidine rings is 1. The van der Waals surface area contributed by atoms with E-state index in [1.807, 2.05) is 11.3 Å². The van der Waals surface area contributed by atoms with Crippen molar-refractivity contribution in [2.75, 3.05) is 52.5 Å². The molecule has 7 heteroatoms. The van der Waals surface area contributed by atoms with Crippen molar-refractivity contribution in [3.63, 3.8) is 0 Å². The number of nitrogens with one attached hydrogen (secondary N) is 1. The number of fused-ring (bicyclic) bond motifs is 1. The molecule has 0 atom stereocenters. The van der Waals surface area contributed by atoms with Crippen LogP contribution in [0.3, 0.4) is 0 Å². The van der Waals surface area contributed by atoms with Gasteiger partial charge in [-0.25, -0.2) is 4.98 Å². The molecule has 2 saturated heterocycles. The summed E-state index contributed by atoms with van der Waals surface area (Å²) in [5.41, 5.74) is 1.14. The maximum absolute atomic E-state index is 5.62. The van der Waals surface area contributed by atoms with Crippen molar-refractivity contribution in [1.29, 1.82) is 0 Å². The zero-order valence-electron chi connectivity index (χ0n) is 15.7. The summed E-state index contributed by atoms with van der Waals surface area (Å²) in [4.78, 5) is 9.65. The summed E-state index contributed by atoms with van der Waals surface area (Å²) in [6.07, 6.45) is 3.40. The third-order valence-electron chi connectivity index (χ3n) is 5.47. The van der Waals surface area contributed by atoms with E-state index in [0.29, 0.717) is 5.92 Å². The maximum atomic E-state index is 5.62. The average molecular weight is 405 g/mol. The lowest BCUT2D eigenvalue weighted by Crippen LogP contribution is -2.45. The van der Waals surface area contributed by atoms with E-state index in [2.05, 4.69) is 39.4 Å². The number of aromatic nitrogens is 1. The van der Waals surface area contributed by atoms with Gasteiger partial charge in [-0.1, -0.05) is 12.1 Å². The molecule has 0 saturated carbocycles. The van der Waals surface area contributed by atoms with Gasteiger partial charge < -0.3 is 15.0 Å². The van der Waals surface area contributed by atoms with Gasteiger partial charge in [0.2, 0.25) is 0 Å². The fourth-order valence-electron chi connectivity index (χ4n) is 3.83. The first-order valence-corrected chi connectivity index (χ1v) is 11.2. The predicted molar refractivity (Wildman–Crippen MR) is 116 cm³/mol. The highest BCUT2D eigenvalue weighted by molar-refractivity contribution is 7.80. The van der Waals surface area contributed by atoms with E-state index in [9.17, 15) is 0 Å². The van der Waals surface area contributed by atoms with Crippen LogP contribution in [0.2, 0.25) is 0 Å². The second kappa shape index (κ2) is 9.28. The summed E-state index contributed by atoms with van der Waals surface area (Å²) in [6.45, 7) is 7.98. The van der Waals surface area contributed by atoms with Crippen LogP contribution in [0.1, 0.15) is 30.2 Å². The Labute approximate surface area is 170 Å². The standard InChI is InChI=1S/C20H28N4OS2/c26-20(21-8-3-9-23-12-14-25-15-13-23)24-10-6-16(7-11-24)19-22-17-4-1-2-5-18(17)27-19/h1-2,4-5,16H,3,6-15H2,(H,21,26). The minimum Gasteiger partial charge on any atom is -0.379 e. The SMILES string of the molecule is S=C(NCCCN1CCOCC1)N1CCC(c2nc3ccccc3s2)CC1. The van der Waals surface area contributed by atoms with Crippen molar-refractivity contribution in [3.8, 4) is 0 Å². The quantitative estimate of drug-likeness (QED) is 0.610. The van der Waals surface area contributed by atoms with E-state index in [-0.39, 0.29) is 0 Å². The Balaban J connectivity index is 1.18. The Morgan fingerprint density at radius 3 is 2.74 bits per heavy atom. The number of thiazole rings is 1. The van der Waals surface area contributed by atoms with Crippen LogP contribution in [0.4, 0.5) is 0 Å². The normalized spacial score (nSPS) is 19.5. The first kappa shape index (κ1) is 19.1. The summed E-state index contributed by atoms with van der Waals surface area (Å²) >= 11 is 7.47. The van der Waals surface area contributed by atoms with Crippen LogP contribution >= 0.6 is 23.6 Å². The second-order valence-electron chi connectivity index (χ2n) is 7.32. The molecule has 0 radical (unpaired) electrons. The van der Waals surface area contributed by atoms with E-state index in [1.54, 1.807) is 0 Å². The third-order valence-corrected chi connectivity index (χ3v) is 7.07. The molecule has 0 spiro atoms. The molecule has 1 aromatic heterocycles. The number of morpholine rings is 1. The predicted octanol–water partition coefficient (Wildman–Crippen LogP) is 3.07. The van der Waals surface area contributed by atoms with Crippen molar-refractivity contribution in [2.45, 2.75) is 25.2 Å². The van der Waals surface area contributed by atoms with Crippen molar-refractivity contribution < 1.29 is 4.74 Å². The van der Waals surface area contributed by atoms with Gasteiger partial charge in [0.1, 0.15) is 0 Å². The van der Waals surface area contributed by atoms with E-state index < -0.39 is 0 Å². The minimum absolute atomic E-state index is 0.572. The summed E-state index contributed by atoms with van der Waals surface area (Å²) in [7, 11) is 0. The summed E-state index contributed by atoms with van der Waals surface area (Å²) in [6, 6.07) is 8.44. The number of hydrogen-bond donors (Lipinski definition) is 1. The molecule has 2 aliphatic heterocycles. The minimum atomic E-state index is 0.572. The summed E-state index contributed by atoms with van der Waals surface area (Å²) < 4.78 is 6.69. The molecule has 1 N–H and O–H groups in total. The molecule has 3 heterocycles. The van der Waals surface area contributed by atoms with Crippen molar-refractivity contribution in [3.05, 3.63) is 29.3 Å². The Bertz CT molecular complexity index is 718. The highest BCUT2D eigenvalue weighted by Gasteiger charge is 2.24. The molecular weight excluding hydrogens is 376 g/mol. The fourth-order valence-corrected chi connectivity index (χ4v) is 5.25. The molecule has 5 nitrogen and oxygen atoms in total. The number of ether oxygens (including phenoxy) is 1. The van der Waals surface area contributed by atoms with Gasteiger partial charge in [-0.05, 0) is 50.2 Å². The second-order valence-corrected chi connectivity index (χ2v) is 8.77. The van der Waals surface area contributed by atoms with Crippen molar-refractivity contribution in [1.82, 2.24) is 20.1 Å². The molecule has 146 valence electrons. The highest BCUT2D eigenvalue weighted by Crippen LogP contribution is 2.33. The number of rotatable bonds is 5. The van der Waals surface area contributed by atoms with E-state index in [1.165, 1.54) is 9.71 Å². The molecule has 27 heavy (non-hydrogen) atoms. The van der Waals surface area contributed by atoms with Crippen LogP contribution in [-0.4, -0.2) is 72.4 Å². The topological polar surface area (TPSA) is 40.6 Å². The molecule has 0 bridgehead atoms. The van der Waals surface area contributed by atoms with Gasteiger partial charge in [-0.3, -0.25) is 4.90 Å². The number of benzene rings is 1. The van der Waals surface area contributed by atoms with Crippen LogP contribution in [0.25, 0.3) is 10.2 Å². The largest absolute Gasteiger partial charge is 0.379 e. The molecule has 0 amide bonds. The lowest BCUT2D eigenvalue weighted by Gasteiger charge is -2.33. The first-order chi connectivity index (χ1) is 13.3. The maximum Gasteiger partial charge on any atom is 0.168 e. The molecule has 2 fully saturated rings. The lowest BCUT2D eigenvalue weighted by atomic mass is 9.98. The van der Waals surface area contributed by atoms with E-state index in [4.69, 9.17) is 21.9 Å². The lowest BCUT2D eigenvalue weighted by molar-refractivity contribution is 0.0375. The molecule has 0 aliphatic carbocycles. The van der Waals surface area contributed by atoms with Gasteiger partial charge >= 0.3 is 0 Å². The van der Waals surface area contributed by atoms with E-state index >= 15 is 0 Å². The summed E-state index contributed by atoms with van der Waals surface area (Å²) in [5.74, 6) is 0.572. The number of likely N-dealkylation sites (tertiary alicyclic amines) is 1. The van der Waals surface area contributed by atoms with Gasteiger partial charge in [0.05, 0.1) is 28.4 Å². The fraction of sp³-hybridized carbons (Fsp3) is 0.600. The van der Waals surface area contributed by atoms with Crippen LogP contribution in [0.5, 0.6) is 0 Å². The average Bonchev–Trinajstić information content (AvgIpc) is 3.16. The Hall–Kier alpha value is -1.28. The van der Waals surface area contributed by atoms with Crippen molar-refractivity contribution >= 4 is 38.9 Å². The van der Waals surface area contributed by atoms with Crippen molar-refractivity contribution in [2.24, 2.45) is 0 Å². The van der Waals surface area contributed by atoms with E-state index in [0.717, 1.165) is 82.4 Å². The first-order valence-electron chi connectivity index (χ1n) is 9.98. The molecule has 0 unspecified atom stereocenters. The number of nitrogens with zero attached hydrogens (tertiary/aromatic N) is 3. The van der Waals surface area contributed by atoms with Crippen LogP contribution in [0, 0.1) is 0 Å². The van der Waals surface area contributed by atoms with Gasteiger partial charge in [0, 0.05) is 38.6 Å². The smallest absolute Gasteiger partial charge is 0.168 e. The molecule has 2 aliphatic rings. The van der Waals surface area contributed by atoms with Gasteiger partial charge in [-0.2, -0.15) is 0 Å². The number of hydrogen-bond acceptors (Lipinski definition) is 5. The van der Waals surface area contributed by atoms with Crippen LogP contribution < -0.4 is 5.32 Å². The van der Waals surface area contributed by atoms with Crippen LogP contribution in [-0.2, 0) is 4.74 Å². The van der Waals surface area contributed by atoms with Gasteiger partial charge in [0.15, 0.2) is 5.11 Å². The molecule has 4 rings (SSSR count). The molecule has 1 aromatic carbocycles. The zero-order valence-corrected chi connectivity index (χ0v) is 17.4. The monoisotopic (exact) mass is 404 g/mol. The number of para-hydroxylation sites is 1. The van der Waals surface area contributed by atoms with Gasteiger partial charge in [-0.15, -0.1) is 11.3 Å².